The van der Waals surface area contributed by atoms with Crippen molar-refractivity contribution in [2.24, 2.45) is 0 Å². The first-order valence-electron chi connectivity index (χ1n) is 15.5. The average molecular weight is 588 g/mol. The fraction of sp³-hybridized carbons (Fsp3) is 0.0244. The van der Waals surface area contributed by atoms with E-state index in [1.54, 1.807) is 0 Å². The van der Waals surface area contributed by atoms with E-state index in [0.29, 0.717) is 23.3 Å². The second-order valence-electron chi connectivity index (χ2n) is 11.8. The molecule has 0 radical (unpaired) electrons. The lowest BCUT2D eigenvalue weighted by molar-refractivity contribution is 0.745. The molecular formula is C41H25N5. The van der Waals surface area contributed by atoms with E-state index >= 15 is 0 Å². The minimum Gasteiger partial charge on any atom is -0.289 e. The molecule has 0 amide bonds. The molecule has 1 aliphatic carbocycles. The van der Waals surface area contributed by atoms with Crippen molar-refractivity contribution in [3.8, 4) is 51.2 Å². The van der Waals surface area contributed by atoms with Crippen LogP contribution in [0.2, 0.25) is 0 Å². The quantitative estimate of drug-likeness (QED) is 0.207. The third kappa shape index (κ3) is 3.29. The largest absolute Gasteiger partial charge is 0.289 e. The van der Waals surface area contributed by atoms with Gasteiger partial charge in [0.15, 0.2) is 23.3 Å². The lowest BCUT2D eigenvalue weighted by Crippen LogP contribution is -2.33. The number of hydrogen-bond acceptors (Lipinski definition) is 4. The lowest BCUT2D eigenvalue weighted by atomic mass is 9.65. The van der Waals surface area contributed by atoms with E-state index < -0.39 is 5.41 Å². The van der Waals surface area contributed by atoms with Gasteiger partial charge in [0.25, 0.3) is 0 Å². The van der Waals surface area contributed by atoms with Gasteiger partial charge in [0.2, 0.25) is 0 Å². The molecule has 6 aromatic carbocycles. The number of benzene rings is 6. The summed E-state index contributed by atoms with van der Waals surface area (Å²) in [6, 6.07) is 53.1. The Morgan fingerprint density at radius 3 is 1.52 bits per heavy atom. The van der Waals surface area contributed by atoms with Gasteiger partial charge in [-0.25, -0.2) is 19.9 Å². The van der Waals surface area contributed by atoms with E-state index in [9.17, 15) is 0 Å². The first-order valence-corrected chi connectivity index (χ1v) is 15.5. The Bertz CT molecular complexity index is 2380. The summed E-state index contributed by atoms with van der Waals surface area (Å²) >= 11 is 0. The van der Waals surface area contributed by atoms with Crippen LogP contribution in [0.25, 0.3) is 62.3 Å². The van der Waals surface area contributed by atoms with Crippen LogP contribution < -0.4 is 0 Å². The molecule has 214 valence electrons. The summed E-state index contributed by atoms with van der Waals surface area (Å²) in [5, 5.41) is 0. The van der Waals surface area contributed by atoms with Gasteiger partial charge < -0.3 is 0 Å². The Kier molecular flexibility index (Phi) is 5.14. The van der Waals surface area contributed by atoms with Crippen molar-refractivity contribution in [2.45, 2.75) is 5.41 Å². The normalized spacial score (nSPS) is 13.4. The van der Waals surface area contributed by atoms with Gasteiger partial charge in [-0.3, -0.25) is 4.57 Å². The number of rotatable bonds is 3. The third-order valence-corrected chi connectivity index (χ3v) is 9.48. The summed E-state index contributed by atoms with van der Waals surface area (Å²) in [4.78, 5) is 20.4. The maximum atomic E-state index is 5.30. The lowest BCUT2D eigenvalue weighted by Gasteiger charge is -2.39. The first-order chi connectivity index (χ1) is 22.8. The van der Waals surface area contributed by atoms with E-state index in [1.807, 2.05) is 60.7 Å². The summed E-state index contributed by atoms with van der Waals surface area (Å²) in [6.07, 6.45) is 0. The van der Waals surface area contributed by atoms with Gasteiger partial charge in [0, 0.05) is 11.1 Å². The number of aromatic nitrogens is 5. The van der Waals surface area contributed by atoms with E-state index in [1.165, 1.54) is 33.4 Å². The van der Waals surface area contributed by atoms with Crippen LogP contribution >= 0.6 is 0 Å². The van der Waals surface area contributed by atoms with Crippen LogP contribution in [0.15, 0.2) is 152 Å². The van der Waals surface area contributed by atoms with Gasteiger partial charge in [0.1, 0.15) is 0 Å². The second kappa shape index (κ2) is 9.40. The minimum absolute atomic E-state index is 0.486. The minimum atomic E-state index is -0.486. The Hall–Kier alpha value is -6.20. The van der Waals surface area contributed by atoms with Gasteiger partial charge in [-0.15, -0.1) is 0 Å². The molecule has 2 aliphatic rings. The number of para-hydroxylation sites is 2. The van der Waals surface area contributed by atoms with Gasteiger partial charge in [-0.05, 0) is 45.5 Å². The topological polar surface area (TPSA) is 56.5 Å². The first kappa shape index (κ1) is 25.2. The molecule has 0 fully saturated rings. The third-order valence-electron chi connectivity index (χ3n) is 9.48. The molecule has 5 heteroatoms. The van der Waals surface area contributed by atoms with Crippen molar-refractivity contribution in [1.29, 1.82) is 0 Å². The molecule has 2 aromatic heterocycles. The molecule has 5 nitrogen and oxygen atoms in total. The highest BCUT2D eigenvalue weighted by atomic mass is 15.2. The Labute approximate surface area is 265 Å². The zero-order valence-electron chi connectivity index (χ0n) is 24.7. The molecular weight excluding hydrogens is 562 g/mol. The van der Waals surface area contributed by atoms with Crippen molar-refractivity contribution in [2.75, 3.05) is 0 Å². The van der Waals surface area contributed by atoms with Crippen molar-refractivity contribution < 1.29 is 0 Å². The van der Waals surface area contributed by atoms with Crippen LogP contribution in [0.1, 0.15) is 22.3 Å². The standard InChI is InChI=1S/C41H25N5/c1-3-14-26(15-4-1)37-43-38(27-16-5-2-6-17-27)45-39(44-37)40-42-34-24-13-23-33-36(34)46(40)35-25-12-11-22-32(35)41(33)30-20-9-7-18-28(30)29-19-8-10-21-31(29)41/h1-25H. The Morgan fingerprint density at radius 2 is 0.891 bits per heavy atom. The molecule has 0 unspecified atom stereocenters. The molecule has 8 aromatic rings. The molecule has 1 aliphatic heterocycles. The number of imidazole rings is 1. The molecule has 46 heavy (non-hydrogen) atoms. The van der Waals surface area contributed by atoms with Crippen LogP contribution in [-0.2, 0) is 5.41 Å². The van der Waals surface area contributed by atoms with Crippen molar-refractivity contribution >= 4 is 11.0 Å². The number of nitrogens with zero attached hydrogens (tertiary/aromatic N) is 5. The molecule has 0 N–H and O–H groups in total. The van der Waals surface area contributed by atoms with E-state index in [0.717, 1.165) is 27.8 Å². The van der Waals surface area contributed by atoms with Crippen LogP contribution in [-0.4, -0.2) is 24.5 Å². The second-order valence-corrected chi connectivity index (χ2v) is 11.8. The highest BCUT2D eigenvalue weighted by molar-refractivity contribution is 5.97. The SMILES string of the molecule is c1ccc(-c2nc(-c3ccccc3)nc(-c3nc4cccc5c4n3-c3ccccc3C53c4ccccc4-c4ccccc43)n2)cc1. The van der Waals surface area contributed by atoms with Crippen molar-refractivity contribution in [1.82, 2.24) is 24.5 Å². The number of fused-ring (bicyclic) bond motifs is 9. The van der Waals surface area contributed by atoms with Crippen molar-refractivity contribution in [3.05, 3.63) is 174 Å². The maximum Gasteiger partial charge on any atom is 0.200 e. The molecule has 0 bridgehead atoms. The zero-order valence-corrected chi connectivity index (χ0v) is 24.7. The summed E-state index contributed by atoms with van der Waals surface area (Å²) in [7, 11) is 0. The van der Waals surface area contributed by atoms with E-state index in [2.05, 4.69) is 95.6 Å². The summed E-state index contributed by atoms with van der Waals surface area (Å²) in [5.41, 5.74) is 12.0. The fourth-order valence-electron chi connectivity index (χ4n) is 7.67. The van der Waals surface area contributed by atoms with E-state index in [4.69, 9.17) is 19.9 Å². The smallest absolute Gasteiger partial charge is 0.200 e. The van der Waals surface area contributed by atoms with Gasteiger partial charge in [-0.1, -0.05) is 140 Å². The highest BCUT2D eigenvalue weighted by Crippen LogP contribution is 2.60. The molecule has 3 heterocycles. The predicted molar refractivity (Wildman–Crippen MR) is 182 cm³/mol. The van der Waals surface area contributed by atoms with Crippen LogP contribution in [0, 0.1) is 0 Å². The fourth-order valence-corrected chi connectivity index (χ4v) is 7.67. The molecule has 1 spiro atoms. The van der Waals surface area contributed by atoms with E-state index in [-0.39, 0.29) is 0 Å². The van der Waals surface area contributed by atoms with Gasteiger partial charge in [0.05, 0.1) is 22.1 Å². The van der Waals surface area contributed by atoms with Gasteiger partial charge >= 0.3 is 0 Å². The van der Waals surface area contributed by atoms with Gasteiger partial charge in [-0.2, -0.15) is 0 Å². The van der Waals surface area contributed by atoms with Crippen molar-refractivity contribution in [3.63, 3.8) is 0 Å². The summed E-state index contributed by atoms with van der Waals surface area (Å²) in [5.74, 6) is 2.46. The molecule has 0 saturated heterocycles. The van der Waals surface area contributed by atoms with Crippen LogP contribution in [0.3, 0.4) is 0 Å². The molecule has 0 saturated carbocycles. The number of hydrogen-bond donors (Lipinski definition) is 0. The predicted octanol–water partition coefficient (Wildman–Crippen LogP) is 8.89. The summed E-state index contributed by atoms with van der Waals surface area (Å²) in [6.45, 7) is 0. The Balaban J connectivity index is 1.32. The van der Waals surface area contributed by atoms with Crippen LogP contribution in [0.4, 0.5) is 0 Å². The van der Waals surface area contributed by atoms with Crippen LogP contribution in [0.5, 0.6) is 0 Å². The summed E-state index contributed by atoms with van der Waals surface area (Å²) < 4.78 is 2.27. The monoisotopic (exact) mass is 587 g/mol. The maximum absolute atomic E-state index is 5.30. The average Bonchev–Trinajstić information content (AvgIpc) is 3.67. The molecule has 0 atom stereocenters. The highest BCUT2D eigenvalue weighted by Gasteiger charge is 2.50. The molecule has 10 rings (SSSR count). The Morgan fingerprint density at radius 1 is 0.391 bits per heavy atom. The zero-order chi connectivity index (χ0) is 30.2.